The van der Waals surface area contributed by atoms with Crippen molar-refractivity contribution in [2.75, 3.05) is 30.4 Å². The number of anilines is 2. The highest BCUT2D eigenvalue weighted by Gasteiger charge is 2.42. The van der Waals surface area contributed by atoms with Gasteiger partial charge in [0.05, 0.1) is 6.10 Å². The Kier molecular flexibility index (Phi) is 3.78. The molecule has 0 aromatic carbocycles. The number of aliphatic hydroxyl groups excluding tert-OH is 1. The SMILES string of the molecule is CNc1nc(C(C)C)nc(N2CC3CCC(O)C3C2)c1C. The molecule has 1 saturated carbocycles. The van der Waals surface area contributed by atoms with Gasteiger partial charge in [0.1, 0.15) is 17.5 Å². The summed E-state index contributed by atoms with van der Waals surface area (Å²) in [6, 6.07) is 0. The maximum atomic E-state index is 10.1. The number of hydrogen-bond donors (Lipinski definition) is 2. The van der Waals surface area contributed by atoms with Crippen LogP contribution < -0.4 is 10.2 Å². The zero-order valence-corrected chi connectivity index (χ0v) is 13.4. The van der Waals surface area contributed by atoms with E-state index in [0.29, 0.717) is 17.8 Å². The first-order valence-electron chi connectivity index (χ1n) is 8.00. The van der Waals surface area contributed by atoms with Crippen LogP contribution in [-0.4, -0.2) is 41.3 Å². The minimum atomic E-state index is -0.129. The lowest BCUT2D eigenvalue weighted by Gasteiger charge is -2.23. The van der Waals surface area contributed by atoms with Crippen molar-refractivity contribution in [3.63, 3.8) is 0 Å². The predicted octanol–water partition coefficient (Wildman–Crippen LogP) is 2.16. The van der Waals surface area contributed by atoms with Gasteiger partial charge in [0.25, 0.3) is 0 Å². The van der Waals surface area contributed by atoms with Gasteiger partial charge in [0.2, 0.25) is 0 Å². The molecular weight excluding hydrogens is 264 g/mol. The highest BCUT2D eigenvalue weighted by molar-refractivity contribution is 5.59. The minimum Gasteiger partial charge on any atom is -0.393 e. The van der Waals surface area contributed by atoms with Gasteiger partial charge in [-0.05, 0) is 25.7 Å². The van der Waals surface area contributed by atoms with Crippen LogP contribution in [0.2, 0.25) is 0 Å². The second kappa shape index (κ2) is 5.44. The molecule has 21 heavy (non-hydrogen) atoms. The summed E-state index contributed by atoms with van der Waals surface area (Å²) in [5, 5.41) is 13.3. The van der Waals surface area contributed by atoms with E-state index in [2.05, 4.69) is 36.0 Å². The first-order valence-corrected chi connectivity index (χ1v) is 8.00. The maximum Gasteiger partial charge on any atom is 0.137 e. The molecule has 1 aromatic rings. The van der Waals surface area contributed by atoms with Gasteiger partial charge in [0.15, 0.2) is 0 Å². The third kappa shape index (κ3) is 2.48. The number of aliphatic hydroxyl groups is 1. The fraction of sp³-hybridized carbons (Fsp3) is 0.750. The van der Waals surface area contributed by atoms with Crippen molar-refractivity contribution >= 4 is 11.6 Å². The predicted molar refractivity (Wildman–Crippen MR) is 84.8 cm³/mol. The fourth-order valence-electron chi connectivity index (χ4n) is 3.74. The summed E-state index contributed by atoms with van der Waals surface area (Å²) in [5.74, 6) is 4.19. The highest BCUT2D eigenvalue weighted by Crippen LogP contribution is 2.40. The van der Waals surface area contributed by atoms with E-state index in [1.807, 2.05) is 7.05 Å². The van der Waals surface area contributed by atoms with Crippen molar-refractivity contribution in [3.8, 4) is 0 Å². The third-order valence-corrected chi connectivity index (χ3v) is 5.01. The second-order valence-electron chi connectivity index (χ2n) is 6.76. The Morgan fingerprint density at radius 2 is 2.00 bits per heavy atom. The number of rotatable bonds is 3. The van der Waals surface area contributed by atoms with Gasteiger partial charge in [-0.3, -0.25) is 0 Å². The molecule has 3 atom stereocenters. The maximum absolute atomic E-state index is 10.1. The van der Waals surface area contributed by atoms with Crippen molar-refractivity contribution in [1.29, 1.82) is 0 Å². The molecule has 5 heteroatoms. The molecular formula is C16H26N4O. The topological polar surface area (TPSA) is 61.3 Å². The van der Waals surface area contributed by atoms with Gasteiger partial charge in [-0.2, -0.15) is 0 Å². The number of aromatic nitrogens is 2. The van der Waals surface area contributed by atoms with E-state index in [0.717, 1.165) is 49.0 Å². The van der Waals surface area contributed by atoms with E-state index in [1.54, 1.807) is 0 Å². The normalized spacial score (nSPS) is 28.3. The lowest BCUT2D eigenvalue weighted by Crippen LogP contribution is -2.26. The summed E-state index contributed by atoms with van der Waals surface area (Å²) in [4.78, 5) is 11.8. The second-order valence-corrected chi connectivity index (χ2v) is 6.76. The first-order chi connectivity index (χ1) is 10.0. The Labute approximate surface area is 126 Å². The van der Waals surface area contributed by atoms with Crippen LogP contribution in [0, 0.1) is 18.8 Å². The summed E-state index contributed by atoms with van der Waals surface area (Å²) < 4.78 is 0. The number of hydrogen-bond acceptors (Lipinski definition) is 5. The number of fused-ring (bicyclic) bond motifs is 1. The molecule has 0 spiro atoms. The van der Waals surface area contributed by atoms with Crippen LogP contribution in [0.1, 0.15) is 44.0 Å². The Hall–Kier alpha value is -1.36. The van der Waals surface area contributed by atoms with Crippen molar-refractivity contribution in [1.82, 2.24) is 9.97 Å². The Morgan fingerprint density at radius 1 is 1.24 bits per heavy atom. The van der Waals surface area contributed by atoms with E-state index >= 15 is 0 Å². The van der Waals surface area contributed by atoms with Crippen molar-refractivity contribution in [2.45, 2.75) is 45.6 Å². The van der Waals surface area contributed by atoms with E-state index in [9.17, 15) is 5.11 Å². The summed E-state index contributed by atoms with van der Waals surface area (Å²) >= 11 is 0. The molecule has 5 nitrogen and oxygen atoms in total. The van der Waals surface area contributed by atoms with Crippen molar-refractivity contribution in [3.05, 3.63) is 11.4 Å². The van der Waals surface area contributed by atoms with E-state index in [-0.39, 0.29) is 6.10 Å². The number of nitrogens with zero attached hydrogens (tertiary/aromatic N) is 3. The van der Waals surface area contributed by atoms with Crippen LogP contribution in [0.15, 0.2) is 0 Å². The van der Waals surface area contributed by atoms with E-state index < -0.39 is 0 Å². The molecule has 0 bridgehead atoms. The average Bonchev–Trinajstić information content (AvgIpc) is 3.01. The molecule has 2 fully saturated rings. The zero-order chi connectivity index (χ0) is 15.1. The van der Waals surface area contributed by atoms with Crippen LogP contribution >= 0.6 is 0 Å². The third-order valence-electron chi connectivity index (χ3n) is 5.01. The standard InChI is InChI=1S/C16H26N4O/c1-9(2)14-18-15(17-4)10(3)16(19-14)20-7-11-5-6-13(21)12(11)8-20/h9,11-13,21H,5-8H2,1-4H3,(H,17,18,19). The van der Waals surface area contributed by atoms with E-state index in [1.165, 1.54) is 0 Å². The molecule has 1 aliphatic carbocycles. The Morgan fingerprint density at radius 3 is 2.62 bits per heavy atom. The summed E-state index contributed by atoms with van der Waals surface area (Å²) in [5.41, 5.74) is 1.11. The monoisotopic (exact) mass is 290 g/mol. The summed E-state index contributed by atoms with van der Waals surface area (Å²) in [6.07, 6.45) is 1.98. The molecule has 2 N–H and O–H groups in total. The molecule has 0 radical (unpaired) electrons. The Balaban J connectivity index is 1.93. The van der Waals surface area contributed by atoms with Gasteiger partial charge in [-0.1, -0.05) is 13.8 Å². The van der Waals surface area contributed by atoms with Crippen LogP contribution in [-0.2, 0) is 0 Å². The highest BCUT2D eigenvalue weighted by atomic mass is 16.3. The van der Waals surface area contributed by atoms with Crippen LogP contribution in [0.5, 0.6) is 0 Å². The van der Waals surface area contributed by atoms with Gasteiger partial charge in [-0.15, -0.1) is 0 Å². The molecule has 1 saturated heterocycles. The molecule has 116 valence electrons. The van der Waals surface area contributed by atoms with Crippen molar-refractivity contribution < 1.29 is 5.11 Å². The van der Waals surface area contributed by atoms with Crippen LogP contribution in [0.25, 0.3) is 0 Å². The van der Waals surface area contributed by atoms with Gasteiger partial charge < -0.3 is 15.3 Å². The molecule has 3 rings (SSSR count). The van der Waals surface area contributed by atoms with Gasteiger partial charge >= 0.3 is 0 Å². The van der Waals surface area contributed by atoms with Crippen molar-refractivity contribution in [2.24, 2.45) is 11.8 Å². The zero-order valence-electron chi connectivity index (χ0n) is 13.4. The fourth-order valence-corrected chi connectivity index (χ4v) is 3.74. The Bertz CT molecular complexity index is 531. The van der Waals surface area contributed by atoms with Crippen LogP contribution in [0.4, 0.5) is 11.6 Å². The molecule has 2 heterocycles. The molecule has 2 aliphatic rings. The quantitative estimate of drug-likeness (QED) is 0.893. The van der Waals surface area contributed by atoms with Crippen LogP contribution in [0.3, 0.4) is 0 Å². The summed E-state index contributed by atoms with van der Waals surface area (Å²) in [6.45, 7) is 8.26. The lowest BCUT2D eigenvalue weighted by molar-refractivity contribution is 0.133. The smallest absolute Gasteiger partial charge is 0.137 e. The molecule has 0 amide bonds. The summed E-state index contributed by atoms with van der Waals surface area (Å²) in [7, 11) is 1.91. The molecule has 1 aliphatic heterocycles. The molecule has 1 aromatic heterocycles. The first kappa shape index (κ1) is 14.6. The van der Waals surface area contributed by atoms with E-state index in [4.69, 9.17) is 4.98 Å². The van der Waals surface area contributed by atoms with Gasteiger partial charge in [0, 0.05) is 37.5 Å². The lowest BCUT2D eigenvalue weighted by atomic mass is 10.00. The average molecular weight is 290 g/mol. The molecule has 3 unspecified atom stereocenters. The van der Waals surface area contributed by atoms with Gasteiger partial charge in [-0.25, -0.2) is 9.97 Å². The minimum absolute atomic E-state index is 0.129. The number of nitrogens with one attached hydrogen (secondary N) is 1. The largest absolute Gasteiger partial charge is 0.393 e.